The molecule has 120 valence electrons. The number of benzene rings is 1. The number of pyridine rings is 1. The minimum atomic E-state index is -3.63. The van der Waals surface area contributed by atoms with Gasteiger partial charge in [-0.05, 0) is 42.2 Å². The second kappa shape index (κ2) is 6.47. The zero-order valence-corrected chi connectivity index (χ0v) is 13.2. The number of hydrogen-bond acceptors (Lipinski definition) is 4. The van der Waals surface area contributed by atoms with Crippen LogP contribution in [0.3, 0.4) is 0 Å². The van der Waals surface area contributed by atoms with Gasteiger partial charge in [-0.25, -0.2) is 8.42 Å². The molecule has 1 aromatic heterocycles. The molecule has 0 radical (unpaired) electrons. The Hall–Kier alpha value is -2.25. The fraction of sp³-hybridized carbons (Fsp3) is 0.250. The van der Waals surface area contributed by atoms with E-state index in [4.69, 9.17) is 0 Å². The van der Waals surface area contributed by atoms with Crippen LogP contribution in [0.15, 0.2) is 53.7 Å². The molecule has 2 N–H and O–H groups in total. The molecule has 1 atom stereocenters. The maximum atomic E-state index is 12.2. The van der Waals surface area contributed by atoms with Crippen molar-refractivity contribution in [2.24, 2.45) is 0 Å². The lowest BCUT2D eigenvalue weighted by molar-refractivity contribution is -0.122. The van der Waals surface area contributed by atoms with Crippen LogP contribution in [-0.4, -0.2) is 31.9 Å². The average molecular weight is 331 g/mol. The fourth-order valence-electron chi connectivity index (χ4n) is 2.60. The van der Waals surface area contributed by atoms with E-state index in [2.05, 4.69) is 15.0 Å². The number of rotatable bonds is 4. The van der Waals surface area contributed by atoms with Gasteiger partial charge in [0.1, 0.15) is 6.04 Å². The number of carbonyl (C=O) groups excluding carboxylic acids is 1. The minimum Gasteiger partial charge on any atom is -0.354 e. The van der Waals surface area contributed by atoms with Gasteiger partial charge in [0.15, 0.2) is 0 Å². The Kier molecular flexibility index (Phi) is 4.40. The van der Waals surface area contributed by atoms with Gasteiger partial charge < -0.3 is 5.32 Å². The molecule has 0 saturated carbocycles. The van der Waals surface area contributed by atoms with Gasteiger partial charge in [-0.1, -0.05) is 18.2 Å². The predicted molar refractivity (Wildman–Crippen MR) is 85.2 cm³/mol. The van der Waals surface area contributed by atoms with Crippen molar-refractivity contribution in [2.45, 2.75) is 23.8 Å². The number of nitrogens with one attached hydrogen (secondary N) is 2. The van der Waals surface area contributed by atoms with Gasteiger partial charge in [0.2, 0.25) is 15.9 Å². The first-order valence-electron chi connectivity index (χ1n) is 7.33. The lowest BCUT2D eigenvalue weighted by Gasteiger charge is -2.25. The standard InChI is InChI=1S/C16H17N3O3S/c20-16(18-10-7-12-5-8-17-9-6-12)14-11-13-3-1-2-4-15(13)23(21,22)19-14/h1-6,8-9,14,19H,7,10-11H2,(H,18,20)/t14-/m0/s1. The molecule has 1 aromatic carbocycles. The van der Waals surface area contributed by atoms with Crippen molar-refractivity contribution < 1.29 is 13.2 Å². The van der Waals surface area contributed by atoms with Gasteiger partial charge in [-0.3, -0.25) is 9.78 Å². The van der Waals surface area contributed by atoms with Crippen LogP contribution in [0.4, 0.5) is 0 Å². The predicted octanol–water partition coefficient (Wildman–Crippen LogP) is 0.643. The number of amides is 1. The molecule has 2 heterocycles. The topological polar surface area (TPSA) is 88.2 Å². The van der Waals surface area contributed by atoms with Gasteiger partial charge in [-0.15, -0.1) is 0 Å². The van der Waals surface area contributed by atoms with Crippen LogP contribution in [0.5, 0.6) is 0 Å². The Labute approximate surface area is 135 Å². The van der Waals surface area contributed by atoms with Gasteiger partial charge in [0.25, 0.3) is 0 Å². The second-order valence-corrected chi connectivity index (χ2v) is 7.06. The van der Waals surface area contributed by atoms with Crippen LogP contribution in [-0.2, 0) is 27.7 Å². The summed E-state index contributed by atoms with van der Waals surface area (Å²) in [6.07, 6.45) is 4.42. The summed E-state index contributed by atoms with van der Waals surface area (Å²) < 4.78 is 26.8. The maximum absolute atomic E-state index is 12.2. The molecule has 0 spiro atoms. The maximum Gasteiger partial charge on any atom is 0.241 e. The largest absolute Gasteiger partial charge is 0.354 e. The average Bonchev–Trinajstić information content (AvgIpc) is 2.55. The summed E-state index contributed by atoms with van der Waals surface area (Å²) in [5.41, 5.74) is 1.73. The van der Waals surface area contributed by atoms with Crippen molar-refractivity contribution >= 4 is 15.9 Å². The molecule has 0 aliphatic carbocycles. The Bertz CT molecular complexity index is 806. The van der Waals surface area contributed by atoms with E-state index in [0.29, 0.717) is 24.9 Å². The van der Waals surface area contributed by atoms with Crippen molar-refractivity contribution in [3.8, 4) is 0 Å². The molecule has 7 heteroatoms. The first-order valence-corrected chi connectivity index (χ1v) is 8.81. The van der Waals surface area contributed by atoms with E-state index in [0.717, 1.165) is 5.56 Å². The van der Waals surface area contributed by atoms with Crippen molar-refractivity contribution in [2.75, 3.05) is 6.54 Å². The van der Waals surface area contributed by atoms with Crippen LogP contribution in [0.1, 0.15) is 11.1 Å². The molecule has 0 bridgehead atoms. The van der Waals surface area contributed by atoms with Gasteiger partial charge >= 0.3 is 0 Å². The first-order chi connectivity index (χ1) is 11.1. The van der Waals surface area contributed by atoms with Gasteiger partial charge in [0, 0.05) is 18.9 Å². The normalized spacial score (nSPS) is 18.9. The third-order valence-electron chi connectivity index (χ3n) is 3.76. The van der Waals surface area contributed by atoms with Crippen molar-refractivity contribution in [3.63, 3.8) is 0 Å². The molecule has 0 unspecified atom stereocenters. The Morgan fingerprint density at radius 2 is 1.96 bits per heavy atom. The monoisotopic (exact) mass is 331 g/mol. The second-order valence-electron chi connectivity index (χ2n) is 5.38. The molecule has 3 rings (SSSR count). The van der Waals surface area contributed by atoms with Crippen LogP contribution in [0, 0.1) is 0 Å². The number of aromatic nitrogens is 1. The van der Waals surface area contributed by atoms with Crippen molar-refractivity contribution in [1.82, 2.24) is 15.0 Å². The van der Waals surface area contributed by atoms with E-state index < -0.39 is 16.1 Å². The quantitative estimate of drug-likeness (QED) is 0.861. The smallest absolute Gasteiger partial charge is 0.241 e. The van der Waals surface area contributed by atoms with E-state index >= 15 is 0 Å². The van der Waals surface area contributed by atoms with Crippen LogP contribution in [0.25, 0.3) is 0 Å². The Morgan fingerprint density at radius 1 is 1.22 bits per heavy atom. The number of sulfonamides is 1. The van der Waals surface area contributed by atoms with Crippen molar-refractivity contribution in [3.05, 3.63) is 59.9 Å². The highest BCUT2D eigenvalue weighted by Gasteiger charge is 2.32. The fourth-order valence-corrected chi connectivity index (χ4v) is 4.04. The highest BCUT2D eigenvalue weighted by Crippen LogP contribution is 2.22. The summed E-state index contributed by atoms with van der Waals surface area (Å²) in [5, 5.41) is 2.78. The molecule has 2 aromatic rings. The summed E-state index contributed by atoms with van der Waals surface area (Å²) in [7, 11) is -3.63. The summed E-state index contributed by atoms with van der Waals surface area (Å²) in [6.45, 7) is 0.447. The highest BCUT2D eigenvalue weighted by atomic mass is 32.2. The van der Waals surface area contributed by atoms with Gasteiger partial charge in [-0.2, -0.15) is 4.72 Å². The minimum absolute atomic E-state index is 0.251. The third kappa shape index (κ3) is 3.57. The zero-order valence-electron chi connectivity index (χ0n) is 12.4. The number of hydrogen-bond donors (Lipinski definition) is 2. The van der Waals surface area contributed by atoms with E-state index in [1.807, 2.05) is 12.1 Å². The van der Waals surface area contributed by atoms with Crippen LogP contribution < -0.4 is 10.0 Å². The number of nitrogens with zero attached hydrogens (tertiary/aromatic N) is 1. The molecular weight excluding hydrogens is 314 g/mol. The van der Waals surface area contributed by atoms with E-state index in [-0.39, 0.29) is 10.8 Å². The zero-order chi connectivity index (χ0) is 16.3. The first kappa shape index (κ1) is 15.6. The number of fused-ring (bicyclic) bond motifs is 1. The molecule has 1 amide bonds. The number of carbonyl (C=O) groups is 1. The third-order valence-corrected chi connectivity index (χ3v) is 5.33. The summed E-state index contributed by atoms with van der Waals surface area (Å²) in [6, 6.07) is 9.73. The molecule has 0 fully saturated rings. The van der Waals surface area contributed by atoms with Crippen LogP contribution >= 0.6 is 0 Å². The molecule has 23 heavy (non-hydrogen) atoms. The molecule has 6 nitrogen and oxygen atoms in total. The SMILES string of the molecule is O=C(NCCc1ccncc1)[C@@H]1Cc2ccccc2S(=O)(=O)N1. The lowest BCUT2D eigenvalue weighted by Crippen LogP contribution is -2.50. The molecule has 0 saturated heterocycles. The van der Waals surface area contributed by atoms with Gasteiger partial charge in [0.05, 0.1) is 4.90 Å². The van der Waals surface area contributed by atoms with E-state index in [9.17, 15) is 13.2 Å². The lowest BCUT2D eigenvalue weighted by atomic mass is 10.1. The molecular formula is C16H17N3O3S. The summed E-state index contributed by atoms with van der Waals surface area (Å²) >= 11 is 0. The summed E-state index contributed by atoms with van der Waals surface area (Å²) in [5.74, 6) is -0.308. The molecule has 1 aliphatic heterocycles. The highest BCUT2D eigenvalue weighted by molar-refractivity contribution is 7.89. The Balaban J connectivity index is 1.63. The van der Waals surface area contributed by atoms with Crippen molar-refractivity contribution in [1.29, 1.82) is 0 Å². The van der Waals surface area contributed by atoms with Crippen LogP contribution in [0.2, 0.25) is 0 Å². The Morgan fingerprint density at radius 3 is 2.74 bits per heavy atom. The van der Waals surface area contributed by atoms with E-state index in [1.165, 1.54) is 0 Å². The van der Waals surface area contributed by atoms with E-state index in [1.54, 1.807) is 36.7 Å². The summed E-state index contributed by atoms with van der Waals surface area (Å²) in [4.78, 5) is 16.4. The molecule has 1 aliphatic rings.